The molecule has 0 aliphatic heterocycles. The molecule has 15 heavy (non-hydrogen) atoms. The van der Waals surface area contributed by atoms with E-state index in [-0.39, 0.29) is 5.41 Å². The molecular formula is C14H24O. The van der Waals surface area contributed by atoms with Crippen LogP contribution < -0.4 is 0 Å². The highest BCUT2D eigenvalue weighted by Crippen LogP contribution is 2.68. The lowest BCUT2D eigenvalue weighted by molar-refractivity contribution is -0.207. The van der Waals surface area contributed by atoms with Crippen LogP contribution >= 0.6 is 0 Å². The molecule has 1 spiro atoms. The number of hydrogen-bond acceptors (Lipinski definition) is 1. The highest BCUT2D eigenvalue weighted by molar-refractivity contribution is 5.30. The van der Waals surface area contributed by atoms with Crippen LogP contribution in [0.15, 0.2) is 11.6 Å². The van der Waals surface area contributed by atoms with Crippen LogP contribution in [0.5, 0.6) is 0 Å². The molecule has 3 unspecified atom stereocenters. The lowest BCUT2D eigenvalue weighted by Crippen LogP contribution is -2.65. The molecule has 2 aliphatic carbocycles. The average molecular weight is 208 g/mol. The zero-order chi connectivity index (χ0) is 11.5. The van der Waals surface area contributed by atoms with Crippen LogP contribution in [0.2, 0.25) is 0 Å². The van der Waals surface area contributed by atoms with E-state index in [0.717, 1.165) is 6.42 Å². The van der Waals surface area contributed by atoms with Crippen LogP contribution in [-0.4, -0.2) is 10.7 Å². The minimum absolute atomic E-state index is 0.259. The van der Waals surface area contributed by atoms with E-state index in [0.29, 0.717) is 11.3 Å². The minimum atomic E-state index is -0.455. The van der Waals surface area contributed by atoms with Crippen molar-refractivity contribution in [1.82, 2.24) is 0 Å². The van der Waals surface area contributed by atoms with E-state index >= 15 is 0 Å². The molecule has 86 valence electrons. The Kier molecular flexibility index (Phi) is 2.15. The van der Waals surface area contributed by atoms with Gasteiger partial charge >= 0.3 is 0 Å². The SMILES string of the molecule is CC1=CCCC(C)(C)C12CC(C)(O)C2C. The van der Waals surface area contributed by atoms with Gasteiger partial charge in [0.2, 0.25) is 0 Å². The van der Waals surface area contributed by atoms with E-state index in [1.54, 1.807) is 0 Å². The Balaban J connectivity index is 2.42. The normalized spacial score (nSPS) is 48.7. The summed E-state index contributed by atoms with van der Waals surface area (Å²) in [5, 5.41) is 10.2. The molecule has 1 N–H and O–H groups in total. The molecular weight excluding hydrogens is 184 g/mol. The number of hydrogen-bond donors (Lipinski definition) is 1. The highest BCUT2D eigenvalue weighted by atomic mass is 16.3. The first-order valence-electron chi connectivity index (χ1n) is 6.14. The van der Waals surface area contributed by atoms with Gasteiger partial charge in [0.15, 0.2) is 0 Å². The lowest BCUT2D eigenvalue weighted by atomic mass is 9.39. The van der Waals surface area contributed by atoms with Crippen molar-refractivity contribution in [2.24, 2.45) is 16.7 Å². The third-order valence-corrected chi connectivity index (χ3v) is 5.44. The van der Waals surface area contributed by atoms with Gasteiger partial charge in [-0.1, -0.05) is 32.4 Å². The second-order valence-electron chi connectivity index (χ2n) is 6.54. The first kappa shape index (κ1) is 11.2. The largest absolute Gasteiger partial charge is 0.390 e. The van der Waals surface area contributed by atoms with Crippen LogP contribution in [0, 0.1) is 16.7 Å². The maximum Gasteiger partial charge on any atom is 0.0662 e. The molecule has 0 amide bonds. The van der Waals surface area contributed by atoms with E-state index < -0.39 is 5.60 Å². The van der Waals surface area contributed by atoms with Gasteiger partial charge in [0, 0.05) is 5.41 Å². The zero-order valence-electron chi connectivity index (χ0n) is 10.7. The van der Waals surface area contributed by atoms with Crippen LogP contribution in [0.3, 0.4) is 0 Å². The van der Waals surface area contributed by atoms with Crippen molar-refractivity contribution in [2.75, 3.05) is 0 Å². The van der Waals surface area contributed by atoms with Crippen molar-refractivity contribution in [1.29, 1.82) is 0 Å². The number of aliphatic hydroxyl groups is 1. The first-order valence-corrected chi connectivity index (χ1v) is 6.14. The molecule has 1 heteroatoms. The van der Waals surface area contributed by atoms with Crippen molar-refractivity contribution in [3.8, 4) is 0 Å². The Labute approximate surface area is 93.6 Å². The molecule has 0 saturated heterocycles. The molecule has 0 bridgehead atoms. The van der Waals surface area contributed by atoms with Gasteiger partial charge in [-0.05, 0) is 44.4 Å². The highest BCUT2D eigenvalue weighted by Gasteiger charge is 2.65. The lowest BCUT2D eigenvalue weighted by Gasteiger charge is -2.67. The second-order valence-corrected chi connectivity index (χ2v) is 6.54. The summed E-state index contributed by atoms with van der Waals surface area (Å²) in [7, 11) is 0. The first-order chi connectivity index (χ1) is 6.74. The minimum Gasteiger partial charge on any atom is -0.390 e. The Morgan fingerprint density at radius 1 is 1.33 bits per heavy atom. The van der Waals surface area contributed by atoms with Gasteiger partial charge in [0.25, 0.3) is 0 Å². The van der Waals surface area contributed by atoms with Gasteiger partial charge in [-0.3, -0.25) is 0 Å². The quantitative estimate of drug-likeness (QED) is 0.604. The fourth-order valence-electron chi connectivity index (χ4n) is 4.17. The molecule has 2 aliphatic rings. The van der Waals surface area contributed by atoms with E-state index in [1.165, 1.54) is 18.4 Å². The van der Waals surface area contributed by atoms with Crippen molar-refractivity contribution in [3.05, 3.63) is 11.6 Å². The fraction of sp³-hybridized carbons (Fsp3) is 0.857. The predicted molar refractivity (Wildman–Crippen MR) is 63.6 cm³/mol. The molecule has 0 aromatic rings. The maximum absolute atomic E-state index is 10.2. The zero-order valence-corrected chi connectivity index (χ0v) is 10.7. The molecule has 1 fully saturated rings. The molecule has 0 aromatic carbocycles. The molecule has 1 nitrogen and oxygen atoms in total. The average Bonchev–Trinajstić information content (AvgIpc) is 2.10. The molecule has 0 aromatic heterocycles. The summed E-state index contributed by atoms with van der Waals surface area (Å²) in [5.41, 5.74) is 1.66. The fourth-order valence-corrected chi connectivity index (χ4v) is 4.17. The van der Waals surface area contributed by atoms with Crippen LogP contribution in [-0.2, 0) is 0 Å². The summed E-state index contributed by atoms with van der Waals surface area (Å²) < 4.78 is 0. The Hall–Kier alpha value is -0.300. The Morgan fingerprint density at radius 3 is 2.33 bits per heavy atom. The van der Waals surface area contributed by atoms with Gasteiger partial charge in [-0.2, -0.15) is 0 Å². The summed E-state index contributed by atoms with van der Waals surface area (Å²) in [6.45, 7) is 11.2. The van der Waals surface area contributed by atoms with Crippen molar-refractivity contribution in [2.45, 2.75) is 59.5 Å². The van der Waals surface area contributed by atoms with Gasteiger partial charge in [0.05, 0.1) is 5.60 Å². The summed E-state index contributed by atoms with van der Waals surface area (Å²) >= 11 is 0. The summed E-state index contributed by atoms with van der Waals surface area (Å²) in [6, 6.07) is 0. The molecule has 2 rings (SSSR count). The van der Waals surface area contributed by atoms with E-state index in [1.807, 2.05) is 6.92 Å². The van der Waals surface area contributed by atoms with Crippen LogP contribution in [0.25, 0.3) is 0 Å². The van der Waals surface area contributed by atoms with Gasteiger partial charge in [0.1, 0.15) is 0 Å². The smallest absolute Gasteiger partial charge is 0.0662 e. The second kappa shape index (κ2) is 2.88. The Morgan fingerprint density at radius 2 is 1.93 bits per heavy atom. The van der Waals surface area contributed by atoms with E-state index in [2.05, 4.69) is 33.8 Å². The Bertz CT molecular complexity index is 311. The standard InChI is InChI=1S/C14H24O/c1-10-7-6-8-12(3,4)14(10)9-13(5,15)11(14)2/h7,11,15H,6,8-9H2,1-5H3. The summed E-state index contributed by atoms with van der Waals surface area (Å²) in [4.78, 5) is 0. The number of rotatable bonds is 0. The maximum atomic E-state index is 10.2. The van der Waals surface area contributed by atoms with E-state index in [4.69, 9.17) is 0 Å². The van der Waals surface area contributed by atoms with Crippen LogP contribution in [0.1, 0.15) is 53.9 Å². The van der Waals surface area contributed by atoms with Gasteiger partial charge in [-0.25, -0.2) is 0 Å². The van der Waals surface area contributed by atoms with Gasteiger partial charge < -0.3 is 5.11 Å². The predicted octanol–water partition coefficient (Wildman–Crippen LogP) is 3.53. The van der Waals surface area contributed by atoms with E-state index in [9.17, 15) is 5.11 Å². The molecule has 0 radical (unpaired) electrons. The summed E-state index contributed by atoms with van der Waals surface area (Å²) in [5.74, 6) is 0.386. The number of allylic oxidation sites excluding steroid dienone is 2. The summed E-state index contributed by atoms with van der Waals surface area (Å²) in [6.07, 6.45) is 5.79. The molecule has 1 saturated carbocycles. The van der Waals surface area contributed by atoms with Crippen molar-refractivity contribution in [3.63, 3.8) is 0 Å². The van der Waals surface area contributed by atoms with Crippen LogP contribution in [0.4, 0.5) is 0 Å². The molecule has 0 heterocycles. The molecule has 3 atom stereocenters. The topological polar surface area (TPSA) is 20.2 Å². The third-order valence-electron chi connectivity index (χ3n) is 5.44. The van der Waals surface area contributed by atoms with Crippen molar-refractivity contribution < 1.29 is 5.11 Å². The third kappa shape index (κ3) is 1.19. The van der Waals surface area contributed by atoms with Crippen molar-refractivity contribution >= 4 is 0 Å². The van der Waals surface area contributed by atoms with Gasteiger partial charge in [-0.15, -0.1) is 0 Å². The monoisotopic (exact) mass is 208 g/mol.